The van der Waals surface area contributed by atoms with Crippen LogP contribution < -0.4 is 4.90 Å². The molecule has 162 valence electrons. The molecule has 2 aliphatic rings. The Morgan fingerprint density at radius 1 is 1.17 bits per heavy atom. The number of thiazole rings is 1. The highest BCUT2D eigenvalue weighted by Crippen LogP contribution is 2.24. The van der Waals surface area contributed by atoms with Crippen molar-refractivity contribution in [1.29, 1.82) is 0 Å². The maximum Gasteiger partial charge on any atom is 0.415 e. The molecule has 7 nitrogen and oxygen atoms in total. The van der Waals surface area contributed by atoms with E-state index in [1.54, 1.807) is 11.7 Å². The minimum Gasteiger partial charge on any atom is -0.443 e. The summed E-state index contributed by atoms with van der Waals surface area (Å²) in [5, 5.41) is 0.632. The molecule has 29 heavy (non-hydrogen) atoms. The predicted molar refractivity (Wildman–Crippen MR) is 115 cm³/mol. The van der Waals surface area contributed by atoms with E-state index in [1.807, 2.05) is 25.7 Å². The number of anilines is 1. The van der Waals surface area contributed by atoms with Crippen molar-refractivity contribution in [2.24, 2.45) is 5.92 Å². The first-order chi connectivity index (χ1) is 13.8. The molecule has 0 unspecified atom stereocenters. The first-order valence-electron chi connectivity index (χ1n) is 10.7. The summed E-state index contributed by atoms with van der Waals surface area (Å²) in [7, 11) is 0. The monoisotopic (exact) mass is 422 g/mol. The smallest absolute Gasteiger partial charge is 0.415 e. The molecule has 2 aliphatic heterocycles. The average molecular weight is 423 g/mol. The fourth-order valence-corrected chi connectivity index (χ4v) is 4.62. The Balaban J connectivity index is 1.52. The number of likely N-dealkylation sites (tertiary alicyclic amines) is 2. The van der Waals surface area contributed by atoms with Crippen LogP contribution in [0, 0.1) is 5.92 Å². The van der Waals surface area contributed by atoms with Gasteiger partial charge in [0, 0.05) is 19.6 Å². The van der Waals surface area contributed by atoms with E-state index in [1.165, 1.54) is 48.6 Å². The molecule has 0 spiro atoms. The number of carbonyl (C=O) groups excluding carboxylic acids is 2. The van der Waals surface area contributed by atoms with Gasteiger partial charge in [0.15, 0.2) is 0 Å². The van der Waals surface area contributed by atoms with E-state index in [9.17, 15) is 9.59 Å². The van der Waals surface area contributed by atoms with E-state index >= 15 is 0 Å². The van der Waals surface area contributed by atoms with Gasteiger partial charge in [0.2, 0.25) is 5.91 Å². The van der Waals surface area contributed by atoms with E-state index in [-0.39, 0.29) is 12.5 Å². The van der Waals surface area contributed by atoms with Gasteiger partial charge in [0.1, 0.15) is 17.1 Å². The summed E-state index contributed by atoms with van der Waals surface area (Å²) in [5.74, 6) is 0.640. The van der Waals surface area contributed by atoms with Crippen molar-refractivity contribution >= 4 is 28.3 Å². The fraction of sp³-hybridized carbons (Fsp3) is 0.762. The molecule has 2 saturated heterocycles. The molecule has 8 heteroatoms. The van der Waals surface area contributed by atoms with Crippen LogP contribution in [-0.4, -0.2) is 71.7 Å². The van der Waals surface area contributed by atoms with Gasteiger partial charge in [-0.15, -0.1) is 11.3 Å². The number of hydrogen-bond donors (Lipinski definition) is 0. The lowest BCUT2D eigenvalue weighted by Gasteiger charge is -2.36. The third-order valence-corrected chi connectivity index (χ3v) is 6.32. The van der Waals surface area contributed by atoms with Crippen LogP contribution in [0.3, 0.4) is 0 Å². The minimum atomic E-state index is -0.615. The van der Waals surface area contributed by atoms with Gasteiger partial charge >= 0.3 is 6.09 Å². The largest absolute Gasteiger partial charge is 0.443 e. The number of aromatic nitrogens is 1. The Kier molecular flexibility index (Phi) is 7.51. The predicted octanol–water partition coefficient (Wildman–Crippen LogP) is 3.61. The highest BCUT2D eigenvalue weighted by atomic mass is 32.1. The summed E-state index contributed by atoms with van der Waals surface area (Å²) >= 11 is 1.33. The van der Waals surface area contributed by atoms with Crippen molar-refractivity contribution in [3.63, 3.8) is 0 Å². The molecule has 3 rings (SSSR count). The highest BCUT2D eigenvalue weighted by Gasteiger charge is 2.30. The number of nitrogens with zero attached hydrogens (tertiary/aromatic N) is 4. The van der Waals surface area contributed by atoms with E-state index in [2.05, 4.69) is 9.88 Å². The Morgan fingerprint density at radius 3 is 2.45 bits per heavy atom. The third kappa shape index (κ3) is 6.67. The molecule has 1 aromatic rings. The zero-order chi connectivity index (χ0) is 20.9. The van der Waals surface area contributed by atoms with Crippen molar-refractivity contribution in [3.8, 4) is 0 Å². The maximum atomic E-state index is 12.9. The summed E-state index contributed by atoms with van der Waals surface area (Å²) in [6, 6.07) is 0. The van der Waals surface area contributed by atoms with E-state index in [4.69, 9.17) is 4.74 Å². The Hall–Kier alpha value is -1.67. The molecule has 0 atom stereocenters. The average Bonchev–Trinajstić information content (AvgIpc) is 3.20. The van der Waals surface area contributed by atoms with Crippen LogP contribution >= 0.6 is 11.3 Å². The standard InChI is InChI=1S/C21H34N4O3S/c1-21(2,3)28-20(27)25(19-13-22-16-29-19)15-18(26)24-11-7-17(8-12-24)14-23-9-5-4-6-10-23/h13,16-17H,4-12,14-15H2,1-3H3. The number of rotatable bonds is 5. The van der Waals surface area contributed by atoms with Gasteiger partial charge in [-0.05, 0) is 65.5 Å². The summed E-state index contributed by atoms with van der Waals surface area (Å²) < 4.78 is 5.50. The molecule has 0 aromatic carbocycles. The molecular weight excluding hydrogens is 388 g/mol. The van der Waals surface area contributed by atoms with E-state index in [0.717, 1.165) is 32.5 Å². The number of ether oxygens (including phenoxy) is 1. The van der Waals surface area contributed by atoms with Gasteiger partial charge < -0.3 is 14.5 Å². The van der Waals surface area contributed by atoms with Gasteiger partial charge in [-0.2, -0.15) is 0 Å². The van der Waals surface area contributed by atoms with E-state index in [0.29, 0.717) is 10.9 Å². The fourth-order valence-electron chi connectivity index (χ4n) is 4.00. The molecule has 2 fully saturated rings. The second kappa shape index (κ2) is 9.89. The van der Waals surface area contributed by atoms with Gasteiger partial charge in [0.05, 0.1) is 11.7 Å². The Morgan fingerprint density at radius 2 is 1.86 bits per heavy atom. The molecule has 2 amide bonds. The SMILES string of the molecule is CC(C)(C)OC(=O)N(CC(=O)N1CCC(CN2CCCCC2)CC1)c1cncs1. The lowest BCUT2D eigenvalue weighted by atomic mass is 9.95. The van der Waals surface area contributed by atoms with Crippen molar-refractivity contribution in [3.05, 3.63) is 11.7 Å². The Bertz CT molecular complexity index is 660. The lowest BCUT2D eigenvalue weighted by molar-refractivity contribution is -0.131. The second-order valence-electron chi connectivity index (χ2n) is 9.09. The summed E-state index contributed by atoms with van der Waals surface area (Å²) in [6.07, 6.45) is 7.16. The normalized spacial score (nSPS) is 19.2. The van der Waals surface area contributed by atoms with E-state index < -0.39 is 11.7 Å². The molecule has 0 saturated carbocycles. The second-order valence-corrected chi connectivity index (χ2v) is 9.96. The topological polar surface area (TPSA) is 66.0 Å². The van der Waals surface area contributed by atoms with Crippen LogP contribution in [-0.2, 0) is 9.53 Å². The van der Waals surface area contributed by atoms with Crippen LogP contribution in [0.1, 0.15) is 52.9 Å². The van der Waals surface area contributed by atoms with Gasteiger partial charge in [-0.1, -0.05) is 6.42 Å². The van der Waals surface area contributed by atoms with Crippen LogP contribution in [0.4, 0.5) is 9.80 Å². The number of amides is 2. The van der Waals surface area contributed by atoms with Crippen LogP contribution in [0.2, 0.25) is 0 Å². The van der Waals surface area contributed by atoms with Crippen molar-refractivity contribution in [1.82, 2.24) is 14.8 Å². The number of carbonyl (C=O) groups is 2. The zero-order valence-corrected chi connectivity index (χ0v) is 18.7. The molecule has 0 bridgehead atoms. The first-order valence-corrected chi connectivity index (χ1v) is 11.6. The van der Waals surface area contributed by atoms with Gasteiger partial charge in [-0.3, -0.25) is 14.7 Å². The number of hydrogen-bond acceptors (Lipinski definition) is 6. The van der Waals surface area contributed by atoms with Crippen LogP contribution in [0.5, 0.6) is 0 Å². The zero-order valence-electron chi connectivity index (χ0n) is 17.9. The molecule has 0 N–H and O–H groups in total. The highest BCUT2D eigenvalue weighted by molar-refractivity contribution is 7.14. The lowest BCUT2D eigenvalue weighted by Crippen LogP contribution is -2.48. The van der Waals surface area contributed by atoms with Crippen molar-refractivity contribution in [2.45, 2.75) is 58.5 Å². The Labute approximate surface area is 178 Å². The quantitative estimate of drug-likeness (QED) is 0.725. The summed E-state index contributed by atoms with van der Waals surface area (Å²) in [6.45, 7) is 10.6. The van der Waals surface area contributed by atoms with Crippen molar-refractivity contribution in [2.75, 3.05) is 44.2 Å². The minimum absolute atomic E-state index is 0.00605. The van der Waals surface area contributed by atoms with Crippen molar-refractivity contribution < 1.29 is 14.3 Å². The summed E-state index contributed by atoms with van der Waals surface area (Å²) in [5.41, 5.74) is 1.04. The van der Waals surface area contributed by atoms with Gasteiger partial charge in [-0.25, -0.2) is 4.79 Å². The molecule has 1 aromatic heterocycles. The first kappa shape index (κ1) is 22.0. The molecular formula is C21H34N4O3S. The van der Waals surface area contributed by atoms with Crippen LogP contribution in [0.15, 0.2) is 11.7 Å². The molecule has 0 radical (unpaired) electrons. The maximum absolute atomic E-state index is 12.9. The van der Waals surface area contributed by atoms with Crippen LogP contribution in [0.25, 0.3) is 0 Å². The van der Waals surface area contributed by atoms with Gasteiger partial charge in [0.25, 0.3) is 0 Å². The molecule has 0 aliphatic carbocycles. The number of piperidine rings is 2. The summed E-state index contributed by atoms with van der Waals surface area (Å²) in [4.78, 5) is 35.5. The molecule has 3 heterocycles. The third-order valence-electron chi connectivity index (χ3n) is 5.52.